The smallest absolute Gasteiger partial charge is 0.356 e. The highest BCUT2D eigenvalue weighted by Gasteiger charge is 2.14. The highest BCUT2D eigenvalue weighted by molar-refractivity contribution is 6.30. The topological polar surface area (TPSA) is 52.1 Å². The van der Waals surface area contributed by atoms with Crippen molar-refractivity contribution in [1.82, 2.24) is 9.97 Å². The molecule has 1 aromatic heterocycles. The molecule has 0 aliphatic carbocycles. The van der Waals surface area contributed by atoms with Crippen LogP contribution >= 0.6 is 23.2 Å². The number of aromatic nitrogens is 2. The first-order chi connectivity index (χ1) is 9.01. The van der Waals surface area contributed by atoms with Gasteiger partial charge in [0.1, 0.15) is 5.82 Å². The predicted molar refractivity (Wildman–Crippen MR) is 68.8 cm³/mol. The van der Waals surface area contributed by atoms with Crippen LogP contribution in [0.1, 0.15) is 10.5 Å². The van der Waals surface area contributed by atoms with Crippen LogP contribution in [0.5, 0.6) is 0 Å². The Morgan fingerprint density at radius 3 is 2.63 bits per heavy atom. The molecule has 0 saturated carbocycles. The van der Waals surface area contributed by atoms with Gasteiger partial charge >= 0.3 is 5.97 Å². The van der Waals surface area contributed by atoms with Gasteiger partial charge in [-0.2, -0.15) is 0 Å². The molecule has 0 amide bonds. The maximum atomic E-state index is 13.8. The molecular formula is C12H7Cl2FN2O2. The molecule has 0 N–H and O–H groups in total. The second-order valence-corrected chi connectivity index (χ2v) is 4.30. The minimum absolute atomic E-state index is 0.0492. The second-order valence-electron chi connectivity index (χ2n) is 3.52. The molecule has 0 aliphatic rings. The van der Waals surface area contributed by atoms with Gasteiger partial charge in [0.2, 0.25) is 5.28 Å². The summed E-state index contributed by atoms with van der Waals surface area (Å²) >= 11 is 11.4. The van der Waals surface area contributed by atoms with Gasteiger partial charge in [-0.3, -0.25) is 0 Å². The standard InChI is InChI=1S/C12H7Cl2FN2O2/c1-19-11(18)10-5-9(16-12(14)17-10)7-3-2-6(13)4-8(7)15/h2-5H,1H3. The van der Waals surface area contributed by atoms with Gasteiger partial charge in [0.25, 0.3) is 0 Å². The van der Waals surface area contributed by atoms with Crippen molar-refractivity contribution in [3.05, 3.63) is 46.1 Å². The molecule has 0 fully saturated rings. The molecule has 0 atom stereocenters. The zero-order valence-electron chi connectivity index (χ0n) is 9.65. The molecule has 1 heterocycles. The normalized spacial score (nSPS) is 10.3. The zero-order chi connectivity index (χ0) is 14.0. The molecule has 0 aliphatic heterocycles. The number of hydrogen-bond acceptors (Lipinski definition) is 4. The lowest BCUT2D eigenvalue weighted by Crippen LogP contribution is -2.06. The molecule has 4 nitrogen and oxygen atoms in total. The van der Waals surface area contributed by atoms with E-state index in [9.17, 15) is 9.18 Å². The third-order valence-corrected chi connectivity index (χ3v) is 2.70. The second kappa shape index (κ2) is 5.50. The van der Waals surface area contributed by atoms with Crippen LogP contribution < -0.4 is 0 Å². The predicted octanol–water partition coefficient (Wildman–Crippen LogP) is 3.38. The van der Waals surface area contributed by atoms with E-state index in [4.69, 9.17) is 23.2 Å². The fraction of sp³-hybridized carbons (Fsp3) is 0.0833. The van der Waals surface area contributed by atoms with E-state index in [-0.39, 0.29) is 27.3 Å². The van der Waals surface area contributed by atoms with E-state index in [0.29, 0.717) is 0 Å². The van der Waals surface area contributed by atoms with Crippen LogP contribution in [0.2, 0.25) is 10.3 Å². The number of halogens is 3. The molecule has 0 spiro atoms. The van der Waals surface area contributed by atoms with Crippen molar-refractivity contribution in [1.29, 1.82) is 0 Å². The number of benzene rings is 1. The van der Waals surface area contributed by atoms with Gasteiger partial charge in [0.15, 0.2) is 5.69 Å². The van der Waals surface area contributed by atoms with Gasteiger partial charge in [0.05, 0.1) is 12.8 Å². The third-order valence-electron chi connectivity index (χ3n) is 2.30. The van der Waals surface area contributed by atoms with Gasteiger partial charge < -0.3 is 4.74 Å². The van der Waals surface area contributed by atoms with Gasteiger partial charge in [-0.05, 0) is 35.9 Å². The number of rotatable bonds is 2. The molecule has 0 radical (unpaired) electrons. The van der Waals surface area contributed by atoms with Crippen molar-refractivity contribution < 1.29 is 13.9 Å². The van der Waals surface area contributed by atoms with Crippen molar-refractivity contribution in [3.8, 4) is 11.3 Å². The maximum Gasteiger partial charge on any atom is 0.356 e. The highest BCUT2D eigenvalue weighted by Crippen LogP contribution is 2.25. The lowest BCUT2D eigenvalue weighted by atomic mass is 10.1. The fourth-order valence-electron chi connectivity index (χ4n) is 1.46. The Morgan fingerprint density at radius 1 is 1.26 bits per heavy atom. The molecule has 0 unspecified atom stereocenters. The minimum Gasteiger partial charge on any atom is -0.464 e. The van der Waals surface area contributed by atoms with E-state index in [1.165, 1.54) is 25.3 Å². The number of hydrogen-bond donors (Lipinski definition) is 0. The third kappa shape index (κ3) is 3.00. The highest BCUT2D eigenvalue weighted by atomic mass is 35.5. The van der Waals surface area contributed by atoms with Crippen LogP contribution in [0.3, 0.4) is 0 Å². The quantitative estimate of drug-likeness (QED) is 0.630. The average molecular weight is 301 g/mol. The Balaban J connectivity index is 2.56. The molecule has 19 heavy (non-hydrogen) atoms. The summed E-state index contributed by atoms with van der Waals surface area (Å²) in [6.45, 7) is 0. The Hall–Kier alpha value is -1.72. The number of nitrogens with zero attached hydrogens (tertiary/aromatic N) is 2. The van der Waals surface area contributed by atoms with Crippen LogP contribution in [0.4, 0.5) is 4.39 Å². The minimum atomic E-state index is -0.681. The Morgan fingerprint density at radius 2 is 2.00 bits per heavy atom. The van der Waals surface area contributed by atoms with Gasteiger partial charge in [-0.15, -0.1) is 0 Å². The van der Waals surface area contributed by atoms with Crippen molar-refractivity contribution in [2.24, 2.45) is 0 Å². The number of methoxy groups -OCH3 is 1. The first-order valence-electron chi connectivity index (χ1n) is 5.09. The Kier molecular flexibility index (Phi) is 3.97. The summed E-state index contributed by atoms with van der Waals surface area (Å²) in [6.07, 6.45) is 0. The fourth-order valence-corrected chi connectivity index (χ4v) is 1.80. The zero-order valence-corrected chi connectivity index (χ0v) is 11.2. The Bertz CT molecular complexity index is 650. The van der Waals surface area contributed by atoms with Crippen LogP contribution in [-0.2, 0) is 4.74 Å². The summed E-state index contributed by atoms with van der Waals surface area (Å²) in [6, 6.07) is 5.39. The van der Waals surface area contributed by atoms with Crippen molar-refractivity contribution in [2.45, 2.75) is 0 Å². The van der Waals surface area contributed by atoms with E-state index in [2.05, 4.69) is 14.7 Å². The van der Waals surface area contributed by atoms with Crippen LogP contribution in [0.15, 0.2) is 24.3 Å². The van der Waals surface area contributed by atoms with Gasteiger partial charge in [-0.25, -0.2) is 19.2 Å². The van der Waals surface area contributed by atoms with Crippen molar-refractivity contribution in [3.63, 3.8) is 0 Å². The Labute approximate surface area is 118 Å². The largest absolute Gasteiger partial charge is 0.464 e. The summed E-state index contributed by atoms with van der Waals surface area (Å²) < 4.78 is 18.3. The van der Waals surface area contributed by atoms with Gasteiger partial charge in [0, 0.05) is 10.6 Å². The lowest BCUT2D eigenvalue weighted by molar-refractivity contribution is 0.0594. The molecule has 1 aromatic carbocycles. The number of ether oxygens (including phenoxy) is 1. The van der Waals surface area contributed by atoms with E-state index in [0.717, 1.165) is 6.07 Å². The SMILES string of the molecule is COC(=O)c1cc(-c2ccc(Cl)cc2F)nc(Cl)n1. The molecule has 98 valence electrons. The van der Waals surface area contributed by atoms with Crippen molar-refractivity contribution in [2.75, 3.05) is 7.11 Å². The number of carbonyl (C=O) groups excluding carboxylic acids is 1. The summed E-state index contributed by atoms with van der Waals surface area (Å²) in [5, 5.41) is 0.0850. The van der Waals surface area contributed by atoms with E-state index in [1.54, 1.807) is 0 Å². The van der Waals surface area contributed by atoms with E-state index in [1.807, 2.05) is 0 Å². The maximum absolute atomic E-state index is 13.8. The lowest BCUT2D eigenvalue weighted by Gasteiger charge is -2.05. The van der Waals surface area contributed by atoms with Crippen LogP contribution in [-0.4, -0.2) is 23.0 Å². The molecule has 2 aromatic rings. The number of carbonyl (C=O) groups is 1. The number of esters is 1. The van der Waals surface area contributed by atoms with Crippen LogP contribution in [0.25, 0.3) is 11.3 Å². The molecule has 0 saturated heterocycles. The van der Waals surface area contributed by atoms with Gasteiger partial charge in [-0.1, -0.05) is 11.6 Å². The van der Waals surface area contributed by atoms with Crippen molar-refractivity contribution >= 4 is 29.2 Å². The van der Waals surface area contributed by atoms with E-state index >= 15 is 0 Å². The average Bonchev–Trinajstić information content (AvgIpc) is 2.37. The summed E-state index contributed by atoms with van der Waals surface area (Å²) in [5.41, 5.74) is 0.292. The first kappa shape index (κ1) is 13.7. The summed E-state index contributed by atoms with van der Waals surface area (Å²) in [4.78, 5) is 19.0. The molecule has 7 heteroatoms. The summed E-state index contributed by atoms with van der Waals surface area (Å²) in [5.74, 6) is -1.25. The van der Waals surface area contributed by atoms with E-state index < -0.39 is 11.8 Å². The summed E-state index contributed by atoms with van der Waals surface area (Å²) in [7, 11) is 1.21. The van der Waals surface area contributed by atoms with Crippen LogP contribution in [0, 0.1) is 5.82 Å². The molecule has 2 rings (SSSR count). The molecular weight excluding hydrogens is 294 g/mol. The first-order valence-corrected chi connectivity index (χ1v) is 5.85. The monoisotopic (exact) mass is 300 g/mol. The molecule has 0 bridgehead atoms.